The van der Waals surface area contributed by atoms with Crippen LogP contribution in [0.5, 0.6) is 0 Å². The first-order valence-corrected chi connectivity index (χ1v) is 12.4. The molecule has 1 amide bonds. The third-order valence-electron chi connectivity index (χ3n) is 5.87. The zero-order valence-electron chi connectivity index (χ0n) is 21.8. The van der Waals surface area contributed by atoms with Crippen LogP contribution in [0.15, 0.2) is 64.5 Å². The molecule has 3 aromatic rings. The highest BCUT2D eigenvalue weighted by Crippen LogP contribution is 2.19. The highest BCUT2D eigenvalue weighted by atomic mass is 16.6. The minimum absolute atomic E-state index is 0.0485. The molecule has 0 radical (unpaired) electrons. The summed E-state index contributed by atoms with van der Waals surface area (Å²) in [6.45, 7) is 9.26. The second-order valence-electron chi connectivity index (χ2n) is 9.97. The largest absolute Gasteiger partial charge is 0.444 e. The van der Waals surface area contributed by atoms with E-state index in [0.29, 0.717) is 24.3 Å². The lowest BCUT2D eigenvalue weighted by Gasteiger charge is -2.35. The number of amides is 1. The number of H-pyrrole nitrogens is 1. The smallest absolute Gasteiger partial charge is 0.410 e. The number of hydrogen-bond donors (Lipinski definition) is 2. The topological polar surface area (TPSA) is 127 Å². The maximum atomic E-state index is 12.4. The predicted molar refractivity (Wildman–Crippen MR) is 146 cm³/mol. The Bertz CT molecular complexity index is 1380. The van der Waals surface area contributed by atoms with Crippen molar-refractivity contribution in [2.24, 2.45) is 5.10 Å². The van der Waals surface area contributed by atoms with Gasteiger partial charge in [0.2, 0.25) is 5.95 Å². The van der Waals surface area contributed by atoms with Crippen LogP contribution in [0.25, 0.3) is 11.3 Å². The minimum Gasteiger partial charge on any atom is -0.444 e. The van der Waals surface area contributed by atoms with Crippen LogP contribution in [-0.2, 0) is 11.3 Å². The first kappa shape index (κ1) is 26.6. The molecule has 196 valence electrons. The number of aromatic nitrogens is 2. The SMILES string of the molecule is CC(C)(C)OC(=O)N1CCN(Cc2ccc(C=NNc3nc(-c4ccccc4)c(C#N)c(=O)[nH]3)cc2)CC1. The van der Waals surface area contributed by atoms with Gasteiger partial charge in [0.1, 0.15) is 17.2 Å². The highest BCUT2D eigenvalue weighted by Gasteiger charge is 2.25. The molecule has 1 saturated heterocycles. The molecule has 4 rings (SSSR count). The zero-order chi connectivity index (χ0) is 27.1. The molecule has 0 spiro atoms. The lowest BCUT2D eigenvalue weighted by atomic mass is 10.1. The van der Waals surface area contributed by atoms with E-state index in [1.165, 1.54) is 0 Å². The Balaban J connectivity index is 1.32. The molecule has 10 nitrogen and oxygen atoms in total. The van der Waals surface area contributed by atoms with Gasteiger partial charge in [-0.2, -0.15) is 10.4 Å². The molecule has 10 heteroatoms. The van der Waals surface area contributed by atoms with Gasteiger partial charge in [-0.05, 0) is 31.9 Å². The molecule has 2 N–H and O–H groups in total. The summed E-state index contributed by atoms with van der Waals surface area (Å²) in [5.41, 5.74) is 4.67. The molecule has 0 bridgehead atoms. The number of carbonyl (C=O) groups excluding carboxylic acids is 1. The molecule has 2 aromatic carbocycles. The van der Waals surface area contributed by atoms with E-state index in [-0.39, 0.29) is 17.6 Å². The number of rotatable bonds is 6. The third-order valence-corrected chi connectivity index (χ3v) is 5.87. The maximum Gasteiger partial charge on any atom is 0.410 e. The molecule has 0 saturated carbocycles. The van der Waals surface area contributed by atoms with Gasteiger partial charge in [0.15, 0.2) is 0 Å². The van der Waals surface area contributed by atoms with Crippen LogP contribution < -0.4 is 11.0 Å². The van der Waals surface area contributed by atoms with Crippen molar-refractivity contribution in [2.75, 3.05) is 31.6 Å². The zero-order valence-corrected chi connectivity index (χ0v) is 21.8. The van der Waals surface area contributed by atoms with E-state index in [4.69, 9.17) is 4.74 Å². The Kier molecular flexibility index (Phi) is 8.19. The summed E-state index contributed by atoms with van der Waals surface area (Å²) >= 11 is 0. The fourth-order valence-corrected chi connectivity index (χ4v) is 3.99. The van der Waals surface area contributed by atoms with Crippen molar-refractivity contribution in [1.29, 1.82) is 5.26 Å². The maximum absolute atomic E-state index is 12.4. The normalized spacial score (nSPS) is 14.3. The summed E-state index contributed by atoms with van der Waals surface area (Å²) in [5.74, 6) is 0.145. The second-order valence-corrected chi connectivity index (χ2v) is 9.97. The van der Waals surface area contributed by atoms with Crippen molar-refractivity contribution in [3.63, 3.8) is 0 Å². The van der Waals surface area contributed by atoms with Crippen molar-refractivity contribution in [3.8, 4) is 17.3 Å². The van der Waals surface area contributed by atoms with Crippen LogP contribution >= 0.6 is 0 Å². The summed E-state index contributed by atoms with van der Waals surface area (Å²) in [7, 11) is 0. The highest BCUT2D eigenvalue weighted by molar-refractivity contribution is 5.80. The van der Waals surface area contributed by atoms with E-state index < -0.39 is 11.2 Å². The minimum atomic E-state index is -0.532. The van der Waals surface area contributed by atoms with Crippen LogP contribution in [0.2, 0.25) is 0 Å². The van der Waals surface area contributed by atoms with Gasteiger partial charge in [-0.15, -0.1) is 0 Å². The number of hydrazone groups is 1. The van der Waals surface area contributed by atoms with Gasteiger partial charge in [-0.25, -0.2) is 15.2 Å². The van der Waals surface area contributed by atoms with Crippen molar-refractivity contribution < 1.29 is 9.53 Å². The molecule has 0 atom stereocenters. The van der Waals surface area contributed by atoms with Crippen molar-refractivity contribution in [1.82, 2.24) is 19.8 Å². The first-order chi connectivity index (χ1) is 18.2. The number of nitrogens with zero attached hydrogens (tertiary/aromatic N) is 5. The molecule has 1 aliphatic rings. The molecular weight excluding hydrogens is 482 g/mol. The summed E-state index contributed by atoms with van der Waals surface area (Å²) in [6, 6.07) is 19.0. The van der Waals surface area contributed by atoms with Crippen molar-refractivity contribution in [2.45, 2.75) is 32.9 Å². The number of nitrogens with one attached hydrogen (secondary N) is 2. The number of hydrogen-bond acceptors (Lipinski definition) is 8. The van der Waals surface area contributed by atoms with Gasteiger partial charge in [0, 0.05) is 38.3 Å². The fourth-order valence-electron chi connectivity index (χ4n) is 3.99. The first-order valence-electron chi connectivity index (χ1n) is 12.4. The predicted octanol–water partition coefficient (Wildman–Crippen LogP) is 3.81. The summed E-state index contributed by atoms with van der Waals surface area (Å²) in [4.78, 5) is 35.6. The van der Waals surface area contributed by atoms with E-state index >= 15 is 0 Å². The van der Waals surface area contributed by atoms with Crippen LogP contribution in [-0.4, -0.2) is 63.9 Å². The average Bonchev–Trinajstić information content (AvgIpc) is 2.89. The van der Waals surface area contributed by atoms with Crippen LogP contribution in [0.1, 0.15) is 37.5 Å². The Morgan fingerprint density at radius 3 is 2.45 bits per heavy atom. The van der Waals surface area contributed by atoms with Crippen molar-refractivity contribution >= 4 is 18.3 Å². The molecule has 0 unspecified atom stereocenters. The van der Waals surface area contributed by atoms with Crippen LogP contribution in [0.4, 0.5) is 10.7 Å². The van der Waals surface area contributed by atoms with E-state index in [2.05, 4.69) is 25.4 Å². The van der Waals surface area contributed by atoms with Gasteiger partial charge in [-0.1, -0.05) is 54.6 Å². The fraction of sp³-hybridized carbons (Fsp3) is 0.321. The number of ether oxygens (including phenoxy) is 1. The van der Waals surface area contributed by atoms with E-state index in [9.17, 15) is 14.9 Å². The molecule has 2 heterocycles. The number of piperazine rings is 1. The monoisotopic (exact) mass is 513 g/mol. The summed E-state index contributed by atoms with van der Waals surface area (Å²) in [5, 5.41) is 13.6. The Hall–Kier alpha value is -4.49. The standard InChI is InChI=1S/C28H31N7O3/c1-28(2,3)38-27(37)35-15-13-34(14-16-35)19-21-11-9-20(10-12-21)18-30-33-26-31-24(22-7-5-4-6-8-22)23(17-29)25(36)32-26/h4-12,18H,13-16,19H2,1-3H3,(H2,31,32,33,36). The van der Waals surface area contributed by atoms with E-state index in [0.717, 1.165) is 30.8 Å². The quantitative estimate of drug-likeness (QED) is 0.379. The number of aromatic amines is 1. The summed E-state index contributed by atoms with van der Waals surface area (Å²) < 4.78 is 5.46. The molecule has 1 fully saturated rings. The van der Waals surface area contributed by atoms with Gasteiger partial charge in [0.25, 0.3) is 5.56 Å². The lowest BCUT2D eigenvalue weighted by molar-refractivity contribution is 0.0139. The van der Waals surface area contributed by atoms with Crippen LogP contribution in [0, 0.1) is 11.3 Å². The second kappa shape index (κ2) is 11.7. The van der Waals surface area contributed by atoms with Gasteiger partial charge >= 0.3 is 6.09 Å². The molecule has 0 aliphatic carbocycles. The number of benzene rings is 2. The molecular formula is C28H31N7O3. The average molecular weight is 514 g/mol. The summed E-state index contributed by atoms with van der Waals surface area (Å²) in [6.07, 6.45) is 1.37. The Morgan fingerprint density at radius 1 is 1.13 bits per heavy atom. The van der Waals surface area contributed by atoms with Gasteiger partial charge < -0.3 is 9.64 Å². The Morgan fingerprint density at radius 2 is 1.82 bits per heavy atom. The van der Waals surface area contributed by atoms with E-state index in [1.807, 2.05) is 69.3 Å². The lowest BCUT2D eigenvalue weighted by Crippen LogP contribution is -2.49. The number of nitriles is 1. The van der Waals surface area contributed by atoms with Crippen LogP contribution in [0.3, 0.4) is 0 Å². The van der Waals surface area contributed by atoms with Crippen molar-refractivity contribution in [3.05, 3.63) is 81.6 Å². The number of carbonyl (C=O) groups is 1. The number of anilines is 1. The molecule has 38 heavy (non-hydrogen) atoms. The molecule has 1 aliphatic heterocycles. The van der Waals surface area contributed by atoms with Gasteiger partial charge in [-0.3, -0.25) is 14.7 Å². The van der Waals surface area contributed by atoms with Gasteiger partial charge in [0.05, 0.1) is 11.9 Å². The third kappa shape index (κ3) is 7.05. The van der Waals surface area contributed by atoms with E-state index in [1.54, 1.807) is 23.2 Å². The Labute approximate surface area is 221 Å². The molecule has 1 aromatic heterocycles.